The maximum absolute atomic E-state index is 11.3. The number of benzene rings is 3. The van der Waals surface area contributed by atoms with Crippen LogP contribution in [0.2, 0.25) is 5.02 Å². The maximum atomic E-state index is 11.3. The molecule has 2 aromatic heterocycles. The average molecular weight is 490 g/mol. The SMILES string of the molecule is O=C([O-])c1ccccc1Cn1nnc(-c2cccc(/C=C/c3ccc4ccc(Cl)cc4n3)c2)n1.[Na+]. The molecule has 35 heavy (non-hydrogen) atoms. The fraction of sp³-hybridized carbons (Fsp3) is 0.0385. The Bertz CT molecular complexity index is 1550. The van der Waals surface area contributed by atoms with Gasteiger partial charge in [-0.05, 0) is 46.7 Å². The van der Waals surface area contributed by atoms with Gasteiger partial charge in [0, 0.05) is 21.5 Å². The fourth-order valence-corrected chi connectivity index (χ4v) is 3.76. The van der Waals surface area contributed by atoms with Crippen molar-refractivity contribution < 1.29 is 39.5 Å². The summed E-state index contributed by atoms with van der Waals surface area (Å²) in [4.78, 5) is 17.3. The van der Waals surface area contributed by atoms with Gasteiger partial charge in [-0.2, -0.15) is 4.80 Å². The van der Waals surface area contributed by atoms with Crippen molar-refractivity contribution >= 4 is 40.6 Å². The number of halogens is 1. The zero-order valence-corrected chi connectivity index (χ0v) is 21.6. The van der Waals surface area contributed by atoms with Crippen LogP contribution < -0.4 is 34.7 Å². The van der Waals surface area contributed by atoms with Gasteiger partial charge in [-0.15, -0.1) is 10.2 Å². The van der Waals surface area contributed by atoms with Gasteiger partial charge in [0.1, 0.15) is 0 Å². The molecule has 0 saturated heterocycles. The number of aromatic carboxylic acids is 1. The smallest absolute Gasteiger partial charge is 0.545 e. The molecule has 5 rings (SSSR count). The van der Waals surface area contributed by atoms with Crippen molar-refractivity contribution in [1.29, 1.82) is 0 Å². The van der Waals surface area contributed by atoms with Gasteiger partial charge in [0.2, 0.25) is 5.82 Å². The normalized spacial score (nSPS) is 11.0. The molecule has 0 saturated carbocycles. The van der Waals surface area contributed by atoms with E-state index in [9.17, 15) is 9.90 Å². The first-order valence-electron chi connectivity index (χ1n) is 10.5. The number of hydrogen-bond acceptors (Lipinski definition) is 6. The number of rotatable bonds is 6. The molecule has 0 amide bonds. The molecule has 0 unspecified atom stereocenters. The predicted octanol–water partition coefficient (Wildman–Crippen LogP) is 1.13. The molecule has 0 fully saturated rings. The zero-order valence-electron chi connectivity index (χ0n) is 18.8. The standard InChI is InChI=1S/C26H18ClN5O2.Na/c27-21-11-9-18-10-13-22(28-24(18)15-21)12-8-17-4-3-6-19(14-17)25-29-31-32(30-25)16-20-5-1-2-7-23(20)26(33)34;/h1-15H,16H2,(H,33,34);/q;+1/p-1/b12-8+;. The van der Waals surface area contributed by atoms with Gasteiger partial charge in [0.05, 0.1) is 23.7 Å². The van der Waals surface area contributed by atoms with E-state index in [0.29, 0.717) is 16.4 Å². The monoisotopic (exact) mass is 489 g/mol. The first-order valence-corrected chi connectivity index (χ1v) is 10.8. The second-order valence-corrected chi connectivity index (χ2v) is 8.06. The van der Waals surface area contributed by atoms with E-state index in [0.717, 1.165) is 27.7 Å². The van der Waals surface area contributed by atoms with Gasteiger partial charge < -0.3 is 9.90 Å². The minimum absolute atomic E-state index is 0. The van der Waals surface area contributed by atoms with Crippen LogP contribution in [0.25, 0.3) is 34.4 Å². The van der Waals surface area contributed by atoms with Gasteiger partial charge in [-0.1, -0.05) is 72.3 Å². The van der Waals surface area contributed by atoms with Crippen LogP contribution in [0.15, 0.2) is 78.9 Å². The Labute approximate surface area is 228 Å². The Kier molecular flexibility index (Phi) is 7.73. The molecule has 166 valence electrons. The summed E-state index contributed by atoms with van der Waals surface area (Å²) in [5, 5.41) is 25.6. The van der Waals surface area contributed by atoms with Crippen molar-refractivity contribution in [1.82, 2.24) is 25.2 Å². The molecule has 3 aromatic carbocycles. The Morgan fingerprint density at radius 2 is 1.80 bits per heavy atom. The summed E-state index contributed by atoms with van der Waals surface area (Å²) in [6.45, 7) is 0.175. The summed E-state index contributed by atoms with van der Waals surface area (Å²) in [5.41, 5.74) is 4.05. The van der Waals surface area contributed by atoms with Gasteiger partial charge >= 0.3 is 29.6 Å². The molecule has 0 aliphatic heterocycles. The summed E-state index contributed by atoms with van der Waals surface area (Å²) in [5.74, 6) is -0.793. The Morgan fingerprint density at radius 3 is 2.66 bits per heavy atom. The number of carbonyl (C=O) groups excluding carboxylic acids is 1. The number of hydrogen-bond donors (Lipinski definition) is 0. The minimum Gasteiger partial charge on any atom is -0.545 e. The molecule has 0 radical (unpaired) electrons. The second-order valence-electron chi connectivity index (χ2n) is 7.62. The summed E-state index contributed by atoms with van der Waals surface area (Å²) in [6.07, 6.45) is 3.89. The molecule has 0 aliphatic rings. The predicted molar refractivity (Wildman–Crippen MR) is 129 cm³/mol. The van der Waals surface area contributed by atoms with Crippen molar-refractivity contribution in [2.75, 3.05) is 0 Å². The number of carboxylic acid groups (broad SMARTS) is 1. The van der Waals surface area contributed by atoms with E-state index in [4.69, 9.17) is 11.6 Å². The Balaban J connectivity index is 0.00000289. The maximum Gasteiger partial charge on any atom is 1.00 e. The van der Waals surface area contributed by atoms with E-state index >= 15 is 0 Å². The number of fused-ring (bicyclic) bond motifs is 1. The van der Waals surface area contributed by atoms with Crippen LogP contribution in [-0.2, 0) is 6.54 Å². The molecule has 9 heteroatoms. The van der Waals surface area contributed by atoms with E-state index in [1.54, 1.807) is 18.2 Å². The molecular formula is C26H17ClN5NaO2. The summed E-state index contributed by atoms with van der Waals surface area (Å²) >= 11 is 6.08. The van der Waals surface area contributed by atoms with Crippen molar-refractivity contribution in [3.8, 4) is 11.4 Å². The van der Waals surface area contributed by atoms with Crippen LogP contribution in [0.4, 0.5) is 0 Å². The van der Waals surface area contributed by atoms with Crippen LogP contribution in [-0.4, -0.2) is 31.2 Å². The number of aromatic nitrogens is 5. The number of carbonyl (C=O) groups is 1. The van der Waals surface area contributed by atoms with Crippen LogP contribution >= 0.6 is 11.6 Å². The summed E-state index contributed by atoms with van der Waals surface area (Å²) < 4.78 is 0. The third kappa shape index (κ3) is 5.83. The zero-order chi connectivity index (χ0) is 23.5. The molecule has 7 nitrogen and oxygen atoms in total. The molecular weight excluding hydrogens is 473 g/mol. The van der Waals surface area contributed by atoms with E-state index < -0.39 is 5.97 Å². The molecule has 0 bridgehead atoms. The van der Waals surface area contributed by atoms with Gasteiger partial charge in [-0.3, -0.25) is 0 Å². The van der Waals surface area contributed by atoms with Gasteiger partial charge in [0.15, 0.2) is 0 Å². The molecule has 0 N–H and O–H groups in total. The Hall–Kier alpha value is -3.36. The first-order chi connectivity index (χ1) is 16.5. The van der Waals surface area contributed by atoms with Crippen molar-refractivity contribution in [3.05, 3.63) is 106 Å². The van der Waals surface area contributed by atoms with Crippen LogP contribution in [0, 0.1) is 0 Å². The van der Waals surface area contributed by atoms with E-state index in [-0.39, 0.29) is 41.7 Å². The largest absolute Gasteiger partial charge is 1.00 e. The number of nitrogens with zero attached hydrogens (tertiary/aromatic N) is 5. The average Bonchev–Trinajstić information content (AvgIpc) is 3.31. The number of tetrazole rings is 1. The van der Waals surface area contributed by atoms with Crippen LogP contribution in [0.5, 0.6) is 0 Å². The van der Waals surface area contributed by atoms with E-state index in [1.165, 1.54) is 10.9 Å². The second kappa shape index (κ2) is 10.9. The number of carboxylic acids is 1. The molecule has 0 spiro atoms. The first kappa shape index (κ1) is 24.8. The molecule has 0 atom stereocenters. The summed E-state index contributed by atoms with van der Waals surface area (Å²) in [6, 6.07) is 23.9. The van der Waals surface area contributed by atoms with Crippen LogP contribution in [0.3, 0.4) is 0 Å². The minimum atomic E-state index is -1.24. The third-order valence-corrected chi connectivity index (χ3v) is 5.50. The fourth-order valence-electron chi connectivity index (χ4n) is 3.60. The van der Waals surface area contributed by atoms with Crippen molar-refractivity contribution in [3.63, 3.8) is 0 Å². The molecule has 0 aliphatic carbocycles. The van der Waals surface area contributed by atoms with Crippen molar-refractivity contribution in [2.45, 2.75) is 6.54 Å². The van der Waals surface area contributed by atoms with E-state index in [1.807, 2.05) is 66.7 Å². The Morgan fingerprint density at radius 1 is 0.971 bits per heavy atom. The quantitative estimate of drug-likeness (QED) is 0.332. The van der Waals surface area contributed by atoms with Crippen molar-refractivity contribution in [2.24, 2.45) is 0 Å². The topological polar surface area (TPSA) is 96.6 Å². The summed E-state index contributed by atoms with van der Waals surface area (Å²) in [7, 11) is 0. The third-order valence-electron chi connectivity index (χ3n) is 5.27. The molecule has 5 aromatic rings. The van der Waals surface area contributed by atoms with Gasteiger partial charge in [0.25, 0.3) is 0 Å². The number of pyridine rings is 1. The van der Waals surface area contributed by atoms with E-state index in [2.05, 4.69) is 20.4 Å². The van der Waals surface area contributed by atoms with Gasteiger partial charge in [-0.25, -0.2) is 4.98 Å². The van der Waals surface area contributed by atoms with Crippen LogP contribution in [0.1, 0.15) is 27.2 Å². The molecule has 2 heterocycles.